The van der Waals surface area contributed by atoms with Crippen LogP contribution in [0.4, 0.5) is 0 Å². The Morgan fingerprint density at radius 2 is 0.811 bits per heavy atom. The molecule has 37 heavy (non-hydrogen) atoms. The molecular formula is C32H30O5. The molecule has 0 radical (unpaired) electrons. The highest BCUT2D eigenvalue weighted by Gasteiger charge is 2.40. The lowest BCUT2D eigenvalue weighted by atomic mass is 10.0. The van der Waals surface area contributed by atoms with Gasteiger partial charge < -0.3 is 14.2 Å². The summed E-state index contributed by atoms with van der Waals surface area (Å²) in [6, 6.07) is 34.3. The quantitative estimate of drug-likeness (QED) is 0.193. The maximum atomic E-state index is 13.1. The average Bonchev–Trinajstić information content (AvgIpc) is 2.90. The van der Waals surface area contributed by atoms with Crippen LogP contribution in [-0.4, -0.2) is 23.1 Å². The molecular weight excluding hydrogens is 464 g/mol. The minimum Gasteiger partial charge on any atom is -0.475 e. The van der Waals surface area contributed by atoms with Crippen LogP contribution in [-0.2, 0) is 14.3 Å². The minimum atomic E-state index is -1.43. The normalized spacial score (nSPS) is 11.5. The van der Waals surface area contributed by atoms with Gasteiger partial charge in [-0.3, -0.25) is 0 Å². The van der Waals surface area contributed by atoms with Gasteiger partial charge in [-0.2, -0.15) is 0 Å². The number of rotatable bonds is 8. The number of carbonyl (C=O) groups excluding carboxylic acids is 2. The minimum absolute atomic E-state index is 0.510. The summed E-state index contributed by atoms with van der Waals surface area (Å²) in [5, 5.41) is 0. The van der Waals surface area contributed by atoms with Crippen LogP contribution < -0.4 is 9.47 Å². The van der Waals surface area contributed by atoms with Crippen molar-refractivity contribution in [3.63, 3.8) is 0 Å². The Kier molecular flexibility index (Phi) is 7.44. The molecule has 5 heteroatoms. The number of para-hydroxylation sites is 2. The van der Waals surface area contributed by atoms with Gasteiger partial charge in [0.25, 0.3) is 0 Å². The molecule has 0 aliphatic carbocycles. The van der Waals surface area contributed by atoms with Gasteiger partial charge in [-0.25, -0.2) is 9.59 Å². The Bertz CT molecular complexity index is 1270. The predicted molar refractivity (Wildman–Crippen MR) is 144 cm³/mol. The molecule has 0 fully saturated rings. The summed E-state index contributed by atoms with van der Waals surface area (Å²) >= 11 is 0. The second-order valence-corrected chi connectivity index (χ2v) is 9.63. The average molecular weight is 495 g/mol. The van der Waals surface area contributed by atoms with Gasteiger partial charge in [0.05, 0.1) is 0 Å². The van der Waals surface area contributed by atoms with E-state index >= 15 is 0 Å². The second kappa shape index (κ2) is 10.7. The zero-order valence-electron chi connectivity index (χ0n) is 21.4. The van der Waals surface area contributed by atoms with Crippen LogP contribution in [0.1, 0.15) is 27.7 Å². The third-order valence-electron chi connectivity index (χ3n) is 5.84. The molecule has 0 bridgehead atoms. The summed E-state index contributed by atoms with van der Waals surface area (Å²) in [5.74, 6) is -0.604. The number of benzene rings is 4. The third kappa shape index (κ3) is 6.07. The number of carbonyl (C=O) groups is 2. The van der Waals surface area contributed by atoms with Gasteiger partial charge in [-0.1, -0.05) is 97.1 Å². The highest BCUT2D eigenvalue weighted by molar-refractivity contribution is 5.94. The lowest BCUT2D eigenvalue weighted by Crippen LogP contribution is -2.46. The lowest BCUT2D eigenvalue weighted by molar-refractivity contribution is -0.178. The molecule has 0 aromatic heterocycles. The van der Waals surface area contributed by atoms with E-state index in [1.54, 1.807) is 39.8 Å². The number of hydrogen-bond donors (Lipinski definition) is 0. The Labute approximate surface area is 217 Å². The van der Waals surface area contributed by atoms with E-state index in [-0.39, 0.29) is 0 Å². The van der Waals surface area contributed by atoms with Crippen LogP contribution in [0.15, 0.2) is 109 Å². The monoisotopic (exact) mass is 494 g/mol. The van der Waals surface area contributed by atoms with E-state index in [0.717, 1.165) is 22.3 Å². The fourth-order valence-corrected chi connectivity index (χ4v) is 3.79. The first-order valence-corrected chi connectivity index (χ1v) is 12.1. The van der Waals surface area contributed by atoms with Gasteiger partial charge in [-0.05, 0) is 51.0 Å². The Hall–Kier alpha value is -4.38. The Morgan fingerprint density at radius 3 is 1.19 bits per heavy atom. The Balaban J connectivity index is 1.49. The zero-order chi connectivity index (χ0) is 26.5. The van der Waals surface area contributed by atoms with Crippen molar-refractivity contribution in [2.75, 3.05) is 0 Å². The molecule has 0 spiro atoms. The molecule has 4 aromatic carbocycles. The molecule has 0 N–H and O–H groups in total. The van der Waals surface area contributed by atoms with Crippen molar-refractivity contribution in [1.82, 2.24) is 0 Å². The molecule has 0 unspecified atom stereocenters. The molecule has 188 valence electrons. The fourth-order valence-electron chi connectivity index (χ4n) is 3.79. The van der Waals surface area contributed by atoms with E-state index in [4.69, 9.17) is 14.2 Å². The molecule has 4 aromatic rings. The molecule has 0 amide bonds. The standard InChI is InChI=1S/C32H30O5/c1-31(2,36-27-21-13-11-19-25(27)23-15-7-5-8-16-23)29(33)35-30(34)32(3,4)37-28-22-14-12-20-26(28)24-17-9-6-10-18-24/h5-22H,1-4H3. The third-order valence-corrected chi connectivity index (χ3v) is 5.84. The van der Waals surface area contributed by atoms with Gasteiger partial charge in [0, 0.05) is 11.1 Å². The van der Waals surface area contributed by atoms with Gasteiger partial charge in [0.2, 0.25) is 11.2 Å². The van der Waals surface area contributed by atoms with E-state index in [9.17, 15) is 9.59 Å². The van der Waals surface area contributed by atoms with Crippen molar-refractivity contribution in [3.05, 3.63) is 109 Å². The SMILES string of the molecule is CC(C)(Oc1ccccc1-c1ccccc1)C(=O)OC(=O)C(C)(C)Oc1ccccc1-c1ccccc1. The van der Waals surface area contributed by atoms with Crippen molar-refractivity contribution in [1.29, 1.82) is 0 Å². The van der Waals surface area contributed by atoms with Gasteiger partial charge in [0.1, 0.15) is 11.5 Å². The zero-order valence-corrected chi connectivity index (χ0v) is 21.4. The second-order valence-electron chi connectivity index (χ2n) is 9.63. The maximum absolute atomic E-state index is 13.1. The summed E-state index contributed by atoms with van der Waals surface area (Å²) in [6.07, 6.45) is 0. The largest absolute Gasteiger partial charge is 0.475 e. The van der Waals surface area contributed by atoms with E-state index < -0.39 is 23.1 Å². The predicted octanol–water partition coefficient (Wildman–Crippen LogP) is 7.11. The smallest absolute Gasteiger partial charge is 0.357 e. The number of hydrogen-bond acceptors (Lipinski definition) is 5. The molecule has 0 saturated heterocycles. The first kappa shape index (κ1) is 25.7. The summed E-state index contributed by atoms with van der Waals surface area (Å²) in [4.78, 5) is 26.2. The van der Waals surface area contributed by atoms with Gasteiger partial charge >= 0.3 is 11.9 Å². The molecule has 0 atom stereocenters. The summed E-state index contributed by atoms with van der Waals surface area (Å²) in [7, 11) is 0. The van der Waals surface area contributed by atoms with Crippen LogP contribution in [0.2, 0.25) is 0 Å². The van der Waals surface area contributed by atoms with Crippen molar-refractivity contribution >= 4 is 11.9 Å². The van der Waals surface area contributed by atoms with Crippen LogP contribution >= 0.6 is 0 Å². The maximum Gasteiger partial charge on any atom is 0.357 e. The molecule has 0 saturated carbocycles. The van der Waals surface area contributed by atoms with E-state index in [1.807, 2.05) is 97.1 Å². The van der Waals surface area contributed by atoms with Gasteiger partial charge in [0.15, 0.2) is 0 Å². The van der Waals surface area contributed by atoms with E-state index in [0.29, 0.717) is 11.5 Å². The first-order valence-electron chi connectivity index (χ1n) is 12.1. The summed E-state index contributed by atoms with van der Waals surface area (Å²) in [6.45, 7) is 6.29. The van der Waals surface area contributed by atoms with Gasteiger partial charge in [-0.15, -0.1) is 0 Å². The van der Waals surface area contributed by atoms with Crippen LogP contribution in [0.3, 0.4) is 0 Å². The van der Waals surface area contributed by atoms with Crippen molar-refractivity contribution in [2.24, 2.45) is 0 Å². The summed E-state index contributed by atoms with van der Waals surface area (Å²) < 4.78 is 17.5. The van der Waals surface area contributed by atoms with Crippen molar-refractivity contribution in [2.45, 2.75) is 38.9 Å². The topological polar surface area (TPSA) is 61.8 Å². The molecule has 0 heterocycles. The molecule has 5 nitrogen and oxygen atoms in total. The van der Waals surface area contributed by atoms with E-state index in [2.05, 4.69) is 0 Å². The Morgan fingerprint density at radius 1 is 0.486 bits per heavy atom. The molecule has 4 rings (SSSR count). The highest BCUT2D eigenvalue weighted by atomic mass is 16.6. The van der Waals surface area contributed by atoms with E-state index in [1.165, 1.54) is 0 Å². The number of esters is 2. The fraction of sp³-hybridized carbons (Fsp3) is 0.188. The molecule has 0 aliphatic rings. The summed E-state index contributed by atoms with van der Waals surface area (Å²) in [5.41, 5.74) is 0.694. The van der Waals surface area contributed by atoms with Crippen molar-refractivity contribution < 1.29 is 23.8 Å². The molecule has 0 aliphatic heterocycles. The van der Waals surface area contributed by atoms with Crippen LogP contribution in [0.5, 0.6) is 11.5 Å². The highest BCUT2D eigenvalue weighted by Crippen LogP contribution is 2.34. The van der Waals surface area contributed by atoms with Crippen LogP contribution in [0.25, 0.3) is 22.3 Å². The van der Waals surface area contributed by atoms with Crippen LogP contribution in [0, 0.1) is 0 Å². The number of ether oxygens (including phenoxy) is 3. The van der Waals surface area contributed by atoms with Crippen molar-refractivity contribution in [3.8, 4) is 33.8 Å². The lowest BCUT2D eigenvalue weighted by Gasteiger charge is -2.29. The first-order chi connectivity index (χ1) is 17.7.